The van der Waals surface area contributed by atoms with Gasteiger partial charge in [-0.25, -0.2) is 20.6 Å². The molecule has 2 unspecified atom stereocenters. The van der Waals surface area contributed by atoms with Gasteiger partial charge in [0.15, 0.2) is 28.5 Å². The molecule has 208 valence electrons. The minimum absolute atomic E-state index is 0.183. The Morgan fingerprint density at radius 1 is 1.08 bits per heavy atom. The van der Waals surface area contributed by atoms with Crippen molar-refractivity contribution >= 4 is 19.7 Å². The van der Waals surface area contributed by atoms with Crippen LogP contribution in [0, 0.1) is 0 Å². The molecule has 0 aromatic heterocycles. The van der Waals surface area contributed by atoms with Gasteiger partial charge in [0, 0.05) is 26.7 Å². The Bertz CT molecular complexity index is 1300. The first kappa shape index (κ1) is 29.2. The number of phosphoric acid groups is 1. The van der Waals surface area contributed by atoms with Crippen molar-refractivity contribution in [3.63, 3.8) is 0 Å². The summed E-state index contributed by atoms with van der Waals surface area (Å²) in [6.45, 7) is 6.13. The maximum Gasteiger partial charge on any atom is 0.524 e. The number of aromatic hydroxyl groups is 1. The maximum absolute atomic E-state index is 13.5. The average Bonchev–Trinajstić information content (AvgIpc) is 3.11. The number of phosphoric ester groups is 1. The SMILES string of the molecule is CC1(C)Oc2ccc(CC(C)(C(=O)O)N(N)C(=O)C(C)(Cc3ccc(OP(=O)(O)O)c(O)c3)NN)cc2O1. The van der Waals surface area contributed by atoms with Crippen LogP contribution in [-0.2, 0) is 27.0 Å². The van der Waals surface area contributed by atoms with Crippen LogP contribution in [-0.4, -0.2) is 53.8 Å². The molecule has 15 heteroatoms. The third kappa shape index (κ3) is 6.18. The lowest BCUT2D eigenvalue weighted by Crippen LogP contribution is -2.68. The molecule has 2 aromatic carbocycles. The van der Waals surface area contributed by atoms with Gasteiger partial charge in [0.2, 0.25) is 5.79 Å². The Labute approximate surface area is 218 Å². The van der Waals surface area contributed by atoms with Crippen LogP contribution in [0.1, 0.15) is 38.8 Å². The number of fused-ring (bicyclic) bond motifs is 1. The van der Waals surface area contributed by atoms with Gasteiger partial charge in [-0.05, 0) is 49.2 Å². The third-order valence-electron chi connectivity index (χ3n) is 6.07. The van der Waals surface area contributed by atoms with E-state index in [-0.39, 0.29) is 12.8 Å². The van der Waals surface area contributed by atoms with Crippen LogP contribution in [0.2, 0.25) is 0 Å². The lowest BCUT2D eigenvalue weighted by Gasteiger charge is -2.40. The smallest absolute Gasteiger partial charge is 0.504 e. The van der Waals surface area contributed by atoms with E-state index >= 15 is 0 Å². The Hall–Kier alpha value is -3.39. The number of amides is 1. The highest BCUT2D eigenvalue weighted by atomic mass is 31.2. The molecular formula is C23H31N4O10P. The molecular weight excluding hydrogens is 523 g/mol. The molecule has 2 aromatic rings. The fraction of sp³-hybridized carbons (Fsp3) is 0.391. The highest BCUT2D eigenvalue weighted by Crippen LogP contribution is 2.42. The van der Waals surface area contributed by atoms with E-state index in [9.17, 15) is 24.4 Å². The largest absolute Gasteiger partial charge is 0.524 e. The van der Waals surface area contributed by atoms with Gasteiger partial charge in [-0.3, -0.25) is 25.4 Å². The molecule has 0 spiro atoms. The van der Waals surface area contributed by atoms with Gasteiger partial charge >= 0.3 is 13.8 Å². The van der Waals surface area contributed by atoms with Gasteiger partial charge in [-0.1, -0.05) is 12.1 Å². The molecule has 1 aliphatic rings. The van der Waals surface area contributed by atoms with Crippen LogP contribution in [0.5, 0.6) is 23.0 Å². The zero-order chi connectivity index (χ0) is 28.7. The number of hydrogen-bond acceptors (Lipinski definition) is 10. The van der Waals surface area contributed by atoms with Crippen molar-refractivity contribution in [3.05, 3.63) is 47.5 Å². The Morgan fingerprint density at radius 3 is 2.21 bits per heavy atom. The number of phenols is 1. The number of carbonyl (C=O) groups is 2. The Kier molecular flexibility index (Phi) is 7.72. The molecule has 14 nitrogen and oxygen atoms in total. The van der Waals surface area contributed by atoms with Gasteiger partial charge < -0.3 is 24.2 Å². The van der Waals surface area contributed by atoms with Crippen LogP contribution in [0.15, 0.2) is 36.4 Å². The monoisotopic (exact) mass is 554 g/mol. The number of aliphatic carboxylic acids is 1. The molecule has 1 aliphatic heterocycles. The van der Waals surface area contributed by atoms with Crippen molar-refractivity contribution in [3.8, 4) is 23.0 Å². The highest BCUT2D eigenvalue weighted by molar-refractivity contribution is 7.46. The molecule has 0 radical (unpaired) electrons. The van der Waals surface area contributed by atoms with Crippen molar-refractivity contribution in [1.82, 2.24) is 10.4 Å². The predicted molar refractivity (Wildman–Crippen MR) is 133 cm³/mol. The molecule has 0 bridgehead atoms. The summed E-state index contributed by atoms with van der Waals surface area (Å²) in [5.74, 6) is 8.55. The average molecular weight is 554 g/mol. The van der Waals surface area contributed by atoms with Gasteiger partial charge in [0.25, 0.3) is 5.91 Å². The molecule has 38 heavy (non-hydrogen) atoms. The van der Waals surface area contributed by atoms with Crippen LogP contribution in [0.3, 0.4) is 0 Å². The summed E-state index contributed by atoms with van der Waals surface area (Å²) < 4.78 is 26.8. The van der Waals surface area contributed by atoms with Crippen molar-refractivity contribution in [2.75, 3.05) is 0 Å². The summed E-state index contributed by atoms with van der Waals surface area (Å²) in [6.07, 6.45) is -0.369. The first-order chi connectivity index (χ1) is 17.4. The zero-order valence-electron chi connectivity index (χ0n) is 21.2. The van der Waals surface area contributed by atoms with E-state index in [0.29, 0.717) is 27.6 Å². The lowest BCUT2D eigenvalue weighted by molar-refractivity contribution is -0.161. The summed E-state index contributed by atoms with van der Waals surface area (Å²) in [5.41, 5.74) is -0.382. The number of phenolic OH excluding ortho intramolecular Hbond substituents is 1. The topological polar surface area (TPSA) is 227 Å². The van der Waals surface area contributed by atoms with E-state index in [2.05, 4.69) is 9.95 Å². The predicted octanol–water partition coefficient (Wildman–Crippen LogP) is 0.924. The fourth-order valence-electron chi connectivity index (χ4n) is 4.00. The number of benzene rings is 2. The fourth-order valence-corrected chi connectivity index (χ4v) is 4.41. The van der Waals surface area contributed by atoms with E-state index < -0.39 is 48.1 Å². The van der Waals surface area contributed by atoms with Crippen LogP contribution in [0.25, 0.3) is 0 Å². The Balaban J connectivity index is 1.85. The lowest BCUT2D eigenvalue weighted by atomic mass is 9.87. The maximum atomic E-state index is 13.5. The number of rotatable bonds is 10. The number of ether oxygens (including phenoxy) is 2. The number of carboxylic acids is 1. The molecule has 0 saturated heterocycles. The number of carboxylic acid groups (broad SMARTS) is 1. The standard InChI is InChI=1S/C23H31N4O10P/c1-21(2)35-17-8-6-14(10-18(17)36-21)12-23(4,20(30)31)27(25)19(29)22(3,26-24)11-13-5-7-16(15(28)9-13)37-38(32,33)34/h5-10,26,28H,11-12,24-25H2,1-4H3,(H,30,31)(H2,32,33,34). The third-order valence-corrected chi connectivity index (χ3v) is 6.50. The Morgan fingerprint density at radius 2 is 1.66 bits per heavy atom. The molecule has 0 aliphatic carbocycles. The first-order valence-electron chi connectivity index (χ1n) is 11.3. The van der Waals surface area contributed by atoms with Gasteiger partial charge in [0.1, 0.15) is 5.54 Å². The highest BCUT2D eigenvalue weighted by Gasteiger charge is 2.47. The molecule has 0 fully saturated rings. The van der Waals surface area contributed by atoms with E-state index in [4.69, 9.17) is 30.9 Å². The van der Waals surface area contributed by atoms with E-state index in [1.165, 1.54) is 19.9 Å². The van der Waals surface area contributed by atoms with E-state index in [0.717, 1.165) is 12.1 Å². The van der Waals surface area contributed by atoms with Crippen LogP contribution >= 0.6 is 7.82 Å². The summed E-state index contributed by atoms with van der Waals surface area (Å²) in [7, 11) is -4.91. The van der Waals surface area contributed by atoms with Gasteiger partial charge in [-0.15, -0.1) is 0 Å². The molecule has 3 rings (SSSR count). The number of nitrogens with one attached hydrogen (secondary N) is 1. The second kappa shape index (κ2) is 10.1. The van der Waals surface area contributed by atoms with Crippen LogP contribution < -0.4 is 31.1 Å². The molecule has 0 saturated carbocycles. The van der Waals surface area contributed by atoms with Crippen molar-refractivity contribution in [2.24, 2.45) is 11.7 Å². The second-order valence-electron chi connectivity index (χ2n) is 9.85. The van der Waals surface area contributed by atoms with Gasteiger partial charge in [0.05, 0.1) is 0 Å². The van der Waals surface area contributed by atoms with E-state index in [1.54, 1.807) is 32.0 Å². The van der Waals surface area contributed by atoms with Gasteiger partial charge in [-0.2, -0.15) is 0 Å². The molecule has 1 heterocycles. The number of hydrazine groups is 2. The normalized spacial score (nSPS) is 17.3. The van der Waals surface area contributed by atoms with E-state index in [1.807, 2.05) is 0 Å². The number of nitrogens with zero attached hydrogens (tertiary/aromatic N) is 1. The first-order valence-corrected chi connectivity index (χ1v) is 12.8. The summed E-state index contributed by atoms with van der Waals surface area (Å²) >= 11 is 0. The van der Waals surface area contributed by atoms with Crippen LogP contribution in [0.4, 0.5) is 0 Å². The second-order valence-corrected chi connectivity index (χ2v) is 11.0. The summed E-state index contributed by atoms with van der Waals surface area (Å²) in [4.78, 5) is 43.8. The van der Waals surface area contributed by atoms with Crippen molar-refractivity contribution in [2.45, 2.75) is 57.4 Å². The van der Waals surface area contributed by atoms with Crippen molar-refractivity contribution in [1.29, 1.82) is 0 Å². The minimum Gasteiger partial charge on any atom is -0.504 e. The van der Waals surface area contributed by atoms with Crippen molar-refractivity contribution < 1.29 is 48.2 Å². The number of hydrogen-bond donors (Lipinski definition) is 7. The number of carbonyl (C=O) groups excluding carboxylic acids is 1. The summed E-state index contributed by atoms with van der Waals surface area (Å²) in [5, 5.41) is 20.8. The summed E-state index contributed by atoms with van der Waals surface area (Å²) in [6, 6.07) is 8.48. The molecule has 1 amide bonds. The molecule has 2 atom stereocenters. The number of nitrogens with two attached hydrogens (primary N) is 2. The quantitative estimate of drug-likeness (QED) is 0.0939. The molecule has 9 N–H and O–H groups in total. The zero-order valence-corrected chi connectivity index (χ0v) is 22.1. The minimum atomic E-state index is -4.91.